The highest BCUT2D eigenvalue weighted by Gasteiger charge is 2.42. The molecule has 132 valence electrons. The molecule has 0 aliphatic heterocycles. The van der Waals surface area contributed by atoms with Crippen molar-refractivity contribution in [3.05, 3.63) is 27.7 Å². The number of hydrogen-bond acceptors (Lipinski definition) is 3. The molecule has 24 heavy (non-hydrogen) atoms. The molecule has 1 aliphatic rings. The van der Waals surface area contributed by atoms with Gasteiger partial charge >= 0.3 is 0 Å². The number of rotatable bonds is 6. The molecule has 1 heterocycles. The Balaban J connectivity index is 2.11. The Kier molecular flexibility index (Phi) is 6.89. The third-order valence-electron chi connectivity index (χ3n) is 4.52. The van der Waals surface area contributed by atoms with Gasteiger partial charge in [-0.2, -0.15) is 0 Å². The Hall–Kier alpha value is -1.31. The van der Waals surface area contributed by atoms with E-state index in [1.165, 1.54) is 6.08 Å². The van der Waals surface area contributed by atoms with Crippen molar-refractivity contribution in [2.24, 2.45) is 0 Å². The number of likely N-dealkylation sites (N-methyl/N-ethyl adjacent to an activating group) is 1. The van der Waals surface area contributed by atoms with Crippen molar-refractivity contribution >= 4 is 40.5 Å². The van der Waals surface area contributed by atoms with Crippen molar-refractivity contribution in [3.63, 3.8) is 0 Å². The first-order valence-electron chi connectivity index (χ1n) is 8.55. The molecule has 2 amide bonds. The standard InChI is InChI=1S/C18H25IN2O3/c1-3-21(4-2)17(23)18(12-6-5-7-13-18)20-16(22)11-9-14-8-10-15(19)24-14/h8-11H,3-7,12-13H2,1-2H3,(H,20,22). The number of furan rings is 1. The number of carbonyl (C=O) groups is 2. The van der Waals surface area contributed by atoms with E-state index in [-0.39, 0.29) is 11.8 Å². The second-order valence-corrected chi connectivity index (χ2v) is 7.15. The van der Waals surface area contributed by atoms with Crippen LogP contribution in [-0.4, -0.2) is 35.3 Å². The maximum Gasteiger partial charge on any atom is 0.248 e. The zero-order valence-electron chi connectivity index (χ0n) is 14.3. The van der Waals surface area contributed by atoms with E-state index < -0.39 is 5.54 Å². The summed E-state index contributed by atoms with van der Waals surface area (Å²) in [5.74, 6) is 0.424. The van der Waals surface area contributed by atoms with Crippen molar-refractivity contribution in [1.82, 2.24) is 10.2 Å². The minimum absolute atomic E-state index is 0.0431. The van der Waals surface area contributed by atoms with Crippen LogP contribution in [0.1, 0.15) is 51.7 Å². The molecule has 5 nitrogen and oxygen atoms in total. The van der Waals surface area contributed by atoms with Crippen LogP contribution < -0.4 is 5.32 Å². The van der Waals surface area contributed by atoms with Crippen LogP contribution in [0.25, 0.3) is 6.08 Å². The van der Waals surface area contributed by atoms with E-state index in [4.69, 9.17) is 4.42 Å². The van der Waals surface area contributed by atoms with E-state index >= 15 is 0 Å². The van der Waals surface area contributed by atoms with Crippen LogP contribution in [0.15, 0.2) is 22.6 Å². The van der Waals surface area contributed by atoms with Gasteiger partial charge in [-0.05, 0) is 67.5 Å². The second-order valence-electron chi connectivity index (χ2n) is 6.08. The molecule has 1 fully saturated rings. The molecule has 1 aliphatic carbocycles. The van der Waals surface area contributed by atoms with Crippen LogP contribution >= 0.6 is 22.6 Å². The first-order valence-corrected chi connectivity index (χ1v) is 9.63. The number of hydrogen-bond donors (Lipinski definition) is 1. The summed E-state index contributed by atoms with van der Waals surface area (Å²) in [5, 5.41) is 3.00. The fourth-order valence-electron chi connectivity index (χ4n) is 3.21. The van der Waals surface area contributed by atoms with Crippen LogP contribution in [0, 0.1) is 3.77 Å². The van der Waals surface area contributed by atoms with Crippen molar-refractivity contribution in [1.29, 1.82) is 0 Å². The molecular weight excluding hydrogens is 419 g/mol. The Morgan fingerprint density at radius 2 is 1.92 bits per heavy atom. The van der Waals surface area contributed by atoms with Crippen LogP contribution in [0.4, 0.5) is 0 Å². The van der Waals surface area contributed by atoms with E-state index in [0.29, 0.717) is 31.7 Å². The summed E-state index contributed by atoms with van der Waals surface area (Å²) in [6.07, 6.45) is 7.54. The first-order chi connectivity index (χ1) is 11.5. The minimum atomic E-state index is -0.761. The topological polar surface area (TPSA) is 62.6 Å². The van der Waals surface area contributed by atoms with Gasteiger partial charge < -0.3 is 14.6 Å². The van der Waals surface area contributed by atoms with Gasteiger partial charge in [-0.15, -0.1) is 0 Å². The van der Waals surface area contributed by atoms with Crippen LogP contribution in [0.2, 0.25) is 0 Å². The average Bonchev–Trinajstić information content (AvgIpc) is 3.00. The molecule has 1 aromatic heterocycles. The van der Waals surface area contributed by atoms with Crippen molar-refractivity contribution in [2.45, 2.75) is 51.5 Å². The summed E-state index contributed by atoms with van der Waals surface area (Å²) < 4.78 is 6.19. The summed E-state index contributed by atoms with van der Waals surface area (Å²) in [6, 6.07) is 3.65. The molecule has 1 N–H and O–H groups in total. The largest absolute Gasteiger partial charge is 0.451 e. The van der Waals surface area contributed by atoms with Gasteiger partial charge in [-0.25, -0.2) is 0 Å². The molecular formula is C18H25IN2O3. The molecule has 0 aromatic carbocycles. The maximum atomic E-state index is 13.0. The molecule has 1 saturated carbocycles. The van der Waals surface area contributed by atoms with Gasteiger partial charge in [0.25, 0.3) is 0 Å². The molecule has 0 saturated heterocycles. The zero-order chi connectivity index (χ0) is 17.6. The van der Waals surface area contributed by atoms with E-state index in [2.05, 4.69) is 27.9 Å². The Morgan fingerprint density at radius 1 is 1.25 bits per heavy atom. The fourth-order valence-corrected chi connectivity index (χ4v) is 3.65. The highest BCUT2D eigenvalue weighted by Crippen LogP contribution is 2.30. The van der Waals surface area contributed by atoms with Gasteiger partial charge in [0.2, 0.25) is 11.8 Å². The molecule has 0 atom stereocenters. The molecule has 0 radical (unpaired) electrons. The predicted octanol–water partition coefficient (Wildman–Crippen LogP) is 3.58. The molecule has 0 unspecified atom stereocenters. The van der Waals surface area contributed by atoms with E-state index in [1.54, 1.807) is 6.08 Å². The average molecular weight is 444 g/mol. The number of amides is 2. The van der Waals surface area contributed by atoms with Crippen LogP contribution in [0.3, 0.4) is 0 Å². The Morgan fingerprint density at radius 3 is 2.46 bits per heavy atom. The first kappa shape index (κ1) is 19.0. The molecule has 1 aromatic rings. The van der Waals surface area contributed by atoms with Gasteiger partial charge in [0.1, 0.15) is 11.3 Å². The summed E-state index contributed by atoms with van der Waals surface area (Å²) >= 11 is 2.08. The zero-order valence-corrected chi connectivity index (χ0v) is 16.5. The van der Waals surface area contributed by atoms with Crippen molar-refractivity contribution < 1.29 is 14.0 Å². The lowest BCUT2D eigenvalue weighted by atomic mass is 9.80. The predicted molar refractivity (Wildman–Crippen MR) is 102 cm³/mol. The van der Waals surface area contributed by atoms with Gasteiger partial charge in [0, 0.05) is 19.2 Å². The highest BCUT2D eigenvalue weighted by molar-refractivity contribution is 14.1. The van der Waals surface area contributed by atoms with E-state index in [1.807, 2.05) is 30.9 Å². The van der Waals surface area contributed by atoms with Crippen molar-refractivity contribution in [3.8, 4) is 0 Å². The second kappa shape index (κ2) is 8.69. The fraction of sp³-hybridized carbons (Fsp3) is 0.556. The lowest BCUT2D eigenvalue weighted by Crippen LogP contribution is -2.60. The minimum Gasteiger partial charge on any atom is -0.451 e. The number of nitrogens with one attached hydrogen (secondary N) is 1. The van der Waals surface area contributed by atoms with Gasteiger partial charge in [-0.1, -0.05) is 19.3 Å². The Bertz CT molecular complexity index is 599. The summed E-state index contributed by atoms with van der Waals surface area (Å²) in [5.41, 5.74) is -0.761. The van der Waals surface area contributed by atoms with Crippen molar-refractivity contribution in [2.75, 3.05) is 13.1 Å². The molecule has 0 bridgehead atoms. The smallest absolute Gasteiger partial charge is 0.248 e. The van der Waals surface area contributed by atoms with Gasteiger partial charge in [-0.3, -0.25) is 9.59 Å². The molecule has 0 spiro atoms. The third-order valence-corrected chi connectivity index (χ3v) is 5.10. The van der Waals surface area contributed by atoms with E-state index in [0.717, 1.165) is 23.0 Å². The monoisotopic (exact) mass is 444 g/mol. The molecule has 2 rings (SSSR count). The number of halogens is 1. The maximum absolute atomic E-state index is 13.0. The van der Waals surface area contributed by atoms with Crippen LogP contribution in [-0.2, 0) is 9.59 Å². The SMILES string of the molecule is CCN(CC)C(=O)C1(NC(=O)C=Cc2ccc(I)o2)CCCCC1. The summed E-state index contributed by atoms with van der Waals surface area (Å²) in [4.78, 5) is 27.2. The summed E-state index contributed by atoms with van der Waals surface area (Å²) in [7, 11) is 0. The normalized spacial score (nSPS) is 17.0. The Labute approximate surface area is 157 Å². The lowest BCUT2D eigenvalue weighted by Gasteiger charge is -2.39. The highest BCUT2D eigenvalue weighted by atomic mass is 127. The third kappa shape index (κ3) is 4.62. The number of nitrogens with zero attached hydrogens (tertiary/aromatic N) is 1. The van der Waals surface area contributed by atoms with E-state index in [9.17, 15) is 9.59 Å². The summed E-state index contributed by atoms with van der Waals surface area (Å²) in [6.45, 7) is 5.26. The quantitative estimate of drug-likeness (QED) is 0.539. The van der Waals surface area contributed by atoms with Gasteiger partial charge in [0.15, 0.2) is 3.77 Å². The van der Waals surface area contributed by atoms with Gasteiger partial charge in [0.05, 0.1) is 0 Å². The van der Waals surface area contributed by atoms with Crippen LogP contribution in [0.5, 0.6) is 0 Å². The lowest BCUT2D eigenvalue weighted by molar-refractivity contribution is -0.142. The molecule has 6 heteroatoms. The number of carbonyl (C=O) groups excluding carboxylic acids is 2.